The number of nitrogens with one attached hydrogen (secondary N) is 1. The summed E-state index contributed by atoms with van der Waals surface area (Å²) < 4.78 is 5.04. The Hall–Kier alpha value is -3.35. The van der Waals surface area contributed by atoms with Crippen LogP contribution < -0.4 is 15.0 Å². The fourth-order valence-corrected chi connectivity index (χ4v) is 2.92. The Morgan fingerprint density at radius 3 is 2.44 bits per heavy atom. The summed E-state index contributed by atoms with van der Waals surface area (Å²) in [6, 6.07) is 12.7. The van der Waals surface area contributed by atoms with Gasteiger partial charge in [0.25, 0.3) is 5.91 Å². The first kappa shape index (κ1) is 18.4. The highest BCUT2D eigenvalue weighted by Gasteiger charge is 2.19. The molecule has 1 aliphatic rings. The topological polar surface area (TPSA) is 74.8 Å². The van der Waals surface area contributed by atoms with Crippen LogP contribution in [-0.4, -0.2) is 55.0 Å². The van der Waals surface area contributed by atoms with Crippen molar-refractivity contribution in [2.24, 2.45) is 0 Å². The van der Waals surface area contributed by atoms with Gasteiger partial charge in [-0.1, -0.05) is 12.6 Å². The molecule has 1 saturated heterocycles. The summed E-state index contributed by atoms with van der Waals surface area (Å²) in [7, 11) is 1.51. The summed E-state index contributed by atoms with van der Waals surface area (Å²) in [5, 5.41) is 2.83. The largest absolute Gasteiger partial charge is 0.481 e. The van der Waals surface area contributed by atoms with E-state index in [0.717, 1.165) is 18.8 Å². The summed E-state index contributed by atoms with van der Waals surface area (Å²) >= 11 is 0. The number of hydrogen-bond donors (Lipinski definition) is 1. The van der Waals surface area contributed by atoms with Crippen molar-refractivity contribution in [1.29, 1.82) is 0 Å². The number of rotatable bonds is 5. The van der Waals surface area contributed by atoms with Crippen molar-refractivity contribution < 1.29 is 14.3 Å². The van der Waals surface area contributed by atoms with E-state index < -0.39 is 0 Å². The molecule has 1 aromatic heterocycles. The predicted octanol–water partition coefficient (Wildman–Crippen LogP) is 2.18. The van der Waals surface area contributed by atoms with E-state index in [1.807, 2.05) is 24.3 Å². The van der Waals surface area contributed by atoms with Crippen molar-refractivity contribution in [3.63, 3.8) is 0 Å². The summed E-state index contributed by atoms with van der Waals surface area (Å²) in [6.07, 6.45) is 1.35. The van der Waals surface area contributed by atoms with Crippen LogP contribution in [0.4, 0.5) is 11.4 Å². The average molecular weight is 366 g/mol. The van der Waals surface area contributed by atoms with Crippen molar-refractivity contribution in [3.05, 3.63) is 60.8 Å². The van der Waals surface area contributed by atoms with Crippen molar-refractivity contribution in [1.82, 2.24) is 9.88 Å². The van der Waals surface area contributed by atoms with Crippen LogP contribution in [-0.2, 0) is 4.79 Å². The number of nitrogens with zero attached hydrogens (tertiary/aromatic N) is 3. The van der Waals surface area contributed by atoms with E-state index in [2.05, 4.69) is 21.8 Å². The third-order valence-electron chi connectivity index (χ3n) is 4.42. The number of carbonyl (C=O) groups is 2. The lowest BCUT2D eigenvalue weighted by molar-refractivity contribution is -0.126. The zero-order chi connectivity index (χ0) is 19.2. The maximum absolute atomic E-state index is 12.3. The van der Waals surface area contributed by atoms with Gasteiger partial charge in [0.15, 0.2) is 0 Å². The number of pyridine rings is 1. The van der Waals surface area contributed by atoms with Gasteiger partial charge in [0.1, 0.15) is 5.69 Å². The minimum Gasteiger partial charge on any atom is -0.481 e. The number of anilines is 2. The maximum atomic E-state index is 12.3. The number of carbonyl (C=O) groups excluding carboxylic acids is 2. The minimum atomic E-state index is -0.293. The Labute approximate surface area is 158 Å². The SMILES string of the molecule is C=CC(=O)N1CCN(c2ccc(NC(=O)c3cccc(OC)n3)cc2)CC1. The van der Waals surface area contributed by atoms with Gasteiger partial charge in [-0.25, -0.2) is 4.98 Å². The molecule has 0 atom stereocenters. The molecule has 0 unspecified atom stereocenters. The number of methoxy groups -OCH3 is 1. The van der Waals surface area contributed by atoms with Gasteiger partial charge in [0.05, 0.1) is 7.11 Å². The van der Waals surface area contributed by atoms with Crippen LogP contribution >= 0.6 is 0 Å². The molecule has 0 aliphatic carbocycles. The fourth-order valence-electron chi connectivity index (χ4n) is 2.92. The molecule has 27 heavy (non-hydrogen) atoms. The molecule has 0 spiro atoms. The van der Waals surface area contributed by atoms with E-state index in [9.17, 15) is 9.59 Å². The van der Waals surface area contributed by atoms with Gasteiger partial charge in [-0.2, -0.15) is 0 Å². The van der Waals surface area contributed by atoms with E-state index in [0.29, 0.717) is 30.4 Å². The second-order valence-electron chi connectivity index (χ2n) is 6.08. The second-order valence-corrected chi connectivity index (χ2v) is 6.08. The molecule has 1 fully saturated rings. The van der Waals surface area contributed by atoms with Crippen LogP contribution in [0, 0.1) is 0 Å². The monoisotopic (exact) mass is 366 g/mol. The quantitative estimate of drug-likeness (QED) is 0.821. The highest BCUT2D eigenvalue weighted by molar-refractivity contribution is 6.03. The molecule has 0 saturated carbocycles. The van der Waals surface area contributed by atoms with Gasteiger partial charge in [-0.15, -0.1) is 0 Å². The third kappa shape index (κ3) is 4.44. The van der Waals surface area contributed by atoms with Crippen molar-refractivity contribution >= 4 is 23.2 Å². The molecule has 140 valence electrons. The van der Waals surface area contributed by atoms with Gasteiger partial charge in [-0.05, 0) is 36.4 Å². The summed E-state index contributed by atoms with van der Waals surface area (Å²) in [5.74, 6) is 0.0733. The van der Waals surface area contributed by atoms with Crippen LogP contribution in [0.2, 0.25) is 0 Å². The van der Waals surface area contributed by atoms with E-state index in [1.165, 1.54) is 13.2 Å². The smallest absolute Gasteiger partial charge is 0.274 e. The van der Waals surface area contributed by atoms with Gasteiger partial charge in [0, 0.05) is 43.6 Å². The summed E-state index contributed by atoms with van der Waals surface area (Å²) in [6.45, 7) is 6.40. The summed E-state index contributed by atoms with van der Waals surface area (Å²) in [5.41, 5.74) is 2.04. The van der Waals surface area contributed by atoms with Crippen LogP contribution in [0.3, 0.4) is 0 Å². The van der Waals surface area contributed by atoms with Crippen LogP contribution in [0.25, 0.3) is 0 Å². The Morgan fingerprint density at radius 1 is 1.11 bits per heavy atom. The maximum Gasteiger partial charge on any atom is 0.274 e. The number of piperazine rings is 1. The molecule has 3 rings (SSSR count). The average Bonchev–Trinajstić information content (AvgIpc) is 2.74. The molecule has 1 N–H and O–H groups in total. The highest BCUT2D eigenvalue weighted by Crippen LogP contribution is 2.20. The van der Waals surface area contributed by atoms with Gasteiger partial charge < -0.3 is 19.9 Å². The van der Waals surface area contributed by atoms with E-state index in [1.54, 1.807) is 23.1 Å². The van der Waals surface area contributed by atoms with Gasteiger partial charge in [-0.3, -0.25) is 9.59 Å². The predicted molar refractivity (Wildman–Crippen MR) is 104 cm³/mol. The van der Waals surface area contributed by atoms with Gasteiger partial charge in [0.2, 0.25) is 11.8 Å². The lowest BCUT2D eigenvalue weighted by Gasteiger charge is -2.35. The first-order valence-corrected chi connectivity index (χ1v) is 8.69. The van der Waals surface area contributed by atoms with E-state index in [4.69, 9.17) is 4.74 Å². The zero-order valence-corrected chi connectivity index (χ0v) is 15.2. The minimum absolute atomic E-state index is 0.0288. The van der Waals surface area contributed by atoms with Crippen LogP contribution in [0.15, 0.2) is 55.1 Å². The molecule has 2 amide bonds. The number of benzene rings is 1. The Morgan fingerprint density at radius 2 is 1.81 bits per heavy atom. The Kier molecular flexibility index (Phi) is 5.71. The zero-order valence-electron chi connectivity index (χ0n) is 15.2. The van der Waals surface area contributed by atoms with Crippen molar-refractivity contribution in [2.75, 3.05) is 43.5 Å². The molecular formula is C20H22N4O3. The standard InChI is InChI=1S/C20H22N4O3/c1-3-19(25)24-13-11-23(12-14-24)16-9-7-15(8-10-16)21-20(26)17-5-4-6-18(22-17)27-2/h3-10H,1,11-14H2,2H3,(H,21,26). The van der Waals surface area contributed by atoms with E-state index in [-0.39, 0.29) is 11.8 Å². The van der Waals surface area contributed by atoms with E-state index >= 15 is 0 Å². The third-order valence-corrected chi connectivity index (χ3v) is 4.42. The van der Waals surface area contributed by atoms with Crippen molar-refractivity contribution in [2.45, 2.75) is 0 Å². The molecule has 0 bridgehead atoms. The second kappa shape index (κ2) is 8.35. The Bertz CT molecular complexity index is 827. The molecule has 2 heterocycles. The molecule has 0 radical (unpaired) electrons. The fraction of sp³-hybridized carbons (Fsp3) is 0.250. The first-order valence-electron chi connectivity index (χ1n) is 8.69. The number of ether oxygens (including phenoxy) is 1. The molecule has 7 nitrogen and oxygen atoms in total. The first-order chi connectivity index (χ1) is 13.1. The van der Waals surface area contributed by atoms with Crippen LogP contribution in [0.5, 0.6) is 5.88 Å². The molecule has 1 aromatic carbocycles. The van der Waals surface area contributed by atoms with Crippen LogP contribution in [0.1, 0.15) is 10.5 Å². The molecular weight excluding hydrogens is 344 g/mol. The molecule has 1 aliphatic heterocycles. The number of aromatic nitrogens is 1. The molecule has 7 heteroatoms. The molecule has 2 aromatic rings. The highest BCUT2D eigenvalue weighted by atomic mass is 16.5. The summed E-state index contributed by atoms with van der Waals surface area (Å²) in [4.78, 5) is 32.1. The number of hydrogen-bond acceptors (Lipinski definition) is 5. The Balaban J connectivity index is 1.60. The lowest BCUT2D eigenvalue weighted by atomic mass is 10.2. The van der Waals surface area contributed by atoms with Gasteiger partial charge >= 0.3 is 0 Å². The van der Waals surface area contributed by atoms with Crippen molar-refractivity contribution in [3.8, 4) is 5.88 Å². The number of amides is 2. The lowest BCUT2D eigenvalue weighted by Crippen LogP contribution is -2.48. The normalized spacial score (nSPS) is 13.8.